The Balaban J connectivity index is 1.50. The van der Waals surface area contributed by atoms with Gasteiger partial charge in [-0.1, -0.05) is 6.92 Å². The molecule has 0 unspecified atom stereocenters. The summed E-state index contributed by atoms with van der Waals surface area (Å²) in [7, 11) is 0. The molecule has 0 aliphatic carbocycles. The number of allylic oxidation sites excluding steroid dienone is 1. The van der Waals surface area contributed by atoms with Gasteiger partial charge in [-0.25, -0.2) is 0 Å². The fourth-order valence-electron chi connectivity index (χ4n) is 6.87. The number of H-pyrrole nitrogens is 2. The number of carboxylic acids is 2. The molecule has 2 aromatic rings. The molecule has 3 aliphatic rings. The van der Waals surface area contributed by atoms with Crippen molar-refractivity contribution in [1.82, 2.24) is 20.6 Å². The molecule has 0 bridgehead atoms. The van der Waals surface area contributed by atoms with Gasteiger partial charge in [-0.05, 0) is 67.5 Å². The number of hydrogen-bond donors (Lipinski definition) is 7. The number of aromatic nitrogens is 2. The van der Waals surface area contributed by atoms with E-state index in [1.165, 1.54) is 0 Å². The highest BCUT2D eigenvalue weighted by molar-refractivity contribution is 8.06. The Morgan fingerprint density at radius 2 is 1.56 bits per heavy atom. The summed E-state index contributed by atoms with van der Waals surface area (Å²) in [6.45, 7) is 7.66. The molecule has 0 spiro atoms. The minimum Gasteiger partial charge on any atom is -0.481 e. The summed E-state index contributed by atoms with van der Waals surface area (Å²) >= 11 is 1.85. The van der Waals surface area contributed by atoms with Crippen molar-refractivity contribution >= 4 is 41.6 Å². The number of aliphatic carboxylic acids is 2. The second kappa shape index (κ2) is 13.3. The SMILES string of the molecule is CC1=C(CCO)C(=O)N[C@@H]1Cc1[nH]c(Cc2[nH]c(/C=C3\NC(=O)[C@H](C)[C@H]3[C@@H]3CS3)c(C)c2CCC(=O)O)c(CCC(=O)O)c1C. The number of carbonyl (C=O) groups is 4. The van der Waals surface area contributed by atoms with E-state index in [0.29, 0.717) is 42.9 Å². The van der Waals surface area contributed by atoms with E-state index in [1.54, 1.807) is 0 Å². The summed E-state index contributed by atoms with van der Waals surface area (Å²) in [5.41, 5.74) is 9.43. The molecule has 242 valence electrons. The molecule has 45 heavy (non-hydrogen) atoms. The number of carboxylic acid groups (broad SMARTS) is 2. The van der Waals surface area contributed by atoms with Crippen LogP contribution in [-0.2, 0) is 44.9 Å². The summed E-state index contributed by atoms with van der Waals surface area (Å²) in [4.78, 5) is 55.3. The van der Waals surface area contributed by atoms with Crippen LogP contribution in [-0.4, -0.2) is 72.7 Å². The van der Waals surface area contributed by atoms with Crippen LogP contribution in [0.2, 0.25) is 0 Å². The number of amides is 2. The number of aliphatic hydroxyl groups is 1. The largest absolute Gasteiger partial charge is 0.481 e. The van der Waals surface area contributed by atoms with E-state index < -0.39 is 11.9 Å². The van der Waals surface area contributed by atoms with Crippen LogP contribution in [0, 0.1) is 25.7 Å². The average Bonchev–Trinajstić information content (AvgIpc) is 3.56. The highest BCUT2D eigenvalue weighted by atomic mass is 32.2. The van der Waals surface area contributed by atoms with Crippen molar-refractivity contribution in [2.45, 2.75) is 83.9 Å². The second-order valence-electron chi connectivity index (χ2n) is 12.4. The zero-order chi connectivity index (χ0) is 32.6. The molecule has 0 radical (unpaired) electrons. The van der Waals surface area contributed by atoms with Crippen LogP contribution in [0.15, 0.2) is 16.8 Å². The van der Waals surface area contributed by atoms with Crippen molar-refractivity contribution in [1.29, 1.82) is 0 Å². The van der Waals surface area contributed by atoms with Gasteiger partial charge in [-0.2, -0.15) is 11.8 Å². The van der Waals surface area contributed by atoms with Gasteiger partial charge in [0.05, 0.1) is 6.04 Å². The molecule has 2 saturated heterocycles. The first kappa shape index (κ1) is 32.6. The predicted molar refractivity (Wildman–Crippen MR) is 171 cm³/mol. The molecule has 12 heteroatoms. The van der Waals surface area contributed by atoms with Crippen molar-refractivity contribution in [3.8, 4) is 0 Å². The standard InChI is InChI=1S/C33H42N4O7S/c1-15-19(5-7-29(39)40)25(34-22(15)11-24-17(3)21(9-10-38)33(44)36-24)13-26-20(6-8-30(41)42)16(2)23(35-26)12-27-31(28-14-45-28)18(4)32(43)37-27/h12,18,24,28,31,34-35,38H,5-11,13-14H2,1-4H3,(H,36,44)(H,37,43)(H,39,40)(H,41,42)/b27-12-/t18-,24-,28+,31-/m1/s1. The van der Waals surface area contributed by atoms with Crippen LogP contribution in [0.4, 0.5) is 0 Å². The van der Waals surface area contributed by atoms with Gasteiger partial charge in [-0.15, -0.1) is 0 Å². The van der Waals surface area contributed by atoms with E-state index in [-0.39, 0.29) is 49.1 Å². The van der Waals surface area contributed by atoms with Crippen LogP contribution < -0.4 is 10.6 Å². The first-order valence-corrected chi connectivity index (χ1v) is 16.5. The van der Waals surface area contributed by atoms with Crippen molar-refractivity contribution in [3.63, 3.8) is 0 Å². The van der Waals surface area contributed by atoms with Gasteiger partial charge in [0, 0.05) is 95.6 Å². The lowest BCUT2D eigenvalue weighted by Gasteiger charge is -2.12. The number of rotatable bonds is 14. The number of hydrogen-bond acceptors (Lipinski definition) is 6. The smallest absolute Gasteiger partial charge is 0.303 e. The van der Waals surface area contributed by atoms with Gasteiger partial charge in [0.1, 0.15) is 0 Å². The third-order valence-electron chi connectivity index (χ3n) is 9.60. The highest BCUT2D eigenvalue weighted by Crippen LogP contribution is 2.46. The Hall–Kier alpha value is -3.77. The van der Waals surface area contributed by atoms with Gasteiger partial charge in [0.2, 0.25) is 11.8 Å². The molecule has 4 atom stereocenters. The molecule has 5 heterocycles. The van der Waals surface area contributed by atoms with Crippen molar-refractivity contribution in [3.05, 3.63) is 61.9 Å². The topological polar surface area (TPSA) is 185 Å². The average molecular weight is 639 g/mol. The lowest BCUT2D eigenvalue weighted by Crippen LogP contribution is -2.30. The molecule has 3 aliphatic heterocycles. The summed E-state index contributed by atoms with van der Waals surface area (Å²) in [5, 5.41) is 34.9. The van der Waals surface area contributed by atoms with Gasteiger partial charge < -0.3 is 35.9 Å². The Kier molecular flexibility index (Phi) is 9.64. The maximum Gasteiger partial charge on any atom is 0.303 e. The van der Waals surface area contributed by atoms with Crippen molar-refractivity contribution < 1.29 is 34.5 Å². The maximum absolute atomic E-state index is 12.6. The van der Waals surface area contributed by atoms with Gasteiger partial charge >= 0.3 is 11.9 Å². The quantitative estimate of drug-likeness (QED) is 0.154. The number of carbonyl (C=O) groups excluding carboxylic acids is 2. The lowest BCUT2D eigenvalue weighted by molar-refractivity contribution is -0.138. The normalized spacial score (nSPS) is 23.6. The summed E-state index contributed by atoms with van der Waals surface area (Å²) < 4.78 is 0. The first-order valence-electron chi connectivity index (χ1n) is 15.5. The third kappa shape index (κ3) is 6.91. The molecule has 5 rings (SSSR count). The number of aliphatic hydroxyl groups excluding tert-OH is 1. The summed E-state index contributed by atoms with van der Waals surface area (Å²) in [5.74, 6) is -0.941. The van der Waals surface area contributed by atoms with E-state index in [2.05, 4.69) is 20.6 Å². The van der Waals surface area contributed by atoms with E-state index in [1.807, 2.05) is 45.5 Å². The molecule has 11 nitrogen and oxygen atoms in total. The van der Waals surface area contributed by atoms with Gasteiger partial charge in [0.25, 0.3) is 0 Å². The fourth-order valence-corrected chi connectivity index (χ4v) is 7.77. The van der Waals surface area contributed by atoms with Crippen LogP contribution >= 0.6 is 11.8 Å². The molecule has 7 N–H and O–H groups in total. The van der Waals surface area contributed by atoms with Crippen LogP contribution in [0.3, 0.4) is 0 Å². The molecule has 0 saturated carbocycles. The van der Waals surface area contributed by atoms with Gasteiger partial charge in [0.15, 0.2) is 0 Å². The Bertz CT molecular complexity index is 1600. The van der Waals surface area contributed by atoms with Gasteiger partial charge in [-0.3, -0.25) is 19.2 Å². The van der Waals surface area contributed by atoms with Crippen molar-refractivity contribution in [2.24, 2.45) is 11.8 Å². The van der Waals surface area contributed by atoms with E-state index >= 15 is 0 Å². The highest BCUT2D eigenvalue weighted by Gasteiger charge is 2.45. The monoisotopic (exact) mass is 638 g/mol. The molecular formula is C33H42N4O7S. The molecule has 2 fully saturated rings. The zero-order valence-corrected chi connectivity index (χ0v) is 27.0. The molecule has 0 aromatic carbocycles. The Labute approximate surface area is 266 Å². The zero-order valence-electron chi connectivity index (χ0n) is 26.1. The maximum atomic E-state index is 12.6. The molecule has 2 aromatic heterocycles. The van der Waals surface area contributed by atoms with E-state index in [9.17, 15) is 34.5 Å². The summed E-state index contributed by atoms with van der Waals surface area (Å²) in [6, 6.07) is -0.241. The van der Waals surface area contributed by atoms with Crippen LogP contribution in [0.25, 0.3) is 6.08 Å². The third-order valence-corrected chi connectivity index (χ3v) is 10.6. The minimum absolute atomic E-state index is 0.0127. The Morgan fingerprint density at radius 3 is 2.16 bits per heavy atom. The first-order chi connectivity index (χ1) is 21.4. The fraction of sp³-hybridized carbons (Fsp3) is 0.515. The number of aromatic amines is 2. The minimum atomic E-state index is -0.901. The van der Waals surface area contributed by atoms with E-state index in [4.69, 9.17) is 0 Å². The van der Waals surface area contributed by atoms with Crippen molar-refractivity contribution in [2.75, 3.05) is 12.4 Å². The summed E-state index contributed by atoms with van der Waals surface area (Å²) in [6.07, 6.45) is 3.73. The lowest BCUT2D eigenvalue weighted by atomic mass is 9.91. The van der Waals surface area contributed by atoms with E-state index in [0.717, 1.165) is 62.1 Å². The predicted octanol–water partition coefficient (Wildman–Crippen LogP) is 3.16. The van der Waals surface area contributed by atoms with Crippen LogP contribution in [0.1, 0.15) is 78.1 Å². The number of thioether (sulfide) groups is 1. The molecular weight excluding hydrogens is 596 g/mol. The molecule has 2 amide bonds. The second-order valence-corrected chi connectivity index (χ2v) is 13.7. The van der Waals surface area contributed by atoms with Crippen LogP contribution in [0.5, 0.6) is 0 Å². The number of nitrogens with one attached hydrogen (secondary N) is 4. The Morgan fingerprint density at radius 1 is 0.933 bits per heavy atom.